The zero-order chi connectivity index (χ0) is 18.5. The molecule has 0 aliphatic carbocycles. The van der Waals surface area contributed by atoms with E-state index < -0.39 is 0 Å². The van der Waals surface area contributed by atoms with E-state index in [0.717, 1.165) is 39.0 Å². The molecule has 26 heavy (non-hydrogen) atoms. The minimum Gasteiger partial charge on any atom is -0.450 e. The summed E-state index contributed by atoms with van der Waals surface area (Å²) < 4.78 is 11.6. The average molecular weight is 360 g/mol. The van der Waals surface area contributed by atoms with Crippen LogP contribution in [0.2, 0.25) is 0 Å². The third-order valence-corrected chi connectivity index (χ3v) is 5.58. The lowest BCUT2D eigenvalue weighted by molar-refractivity contribution is -0.119. The predicted octanol–water partition coefficient (Wildman–Crippen LogP) is 3.71. The van der Waals surface area contributed by atoms with Gasteiger partial charge in [0.25, 0.3) is 0 Å². The van der Waals surface area contributed by atoms with E-state index in [4.69, 9.17) is 9.47 Å². The van der Waals surface area contributed by atoms with E-state index >= 15 is 0 Å². The van der Waals surface area contributed by atoms with Crippen LogP contribution < -0.4 is 0 Å². The summed E-state index contributed by atoms with van der Waals surface area (Å²) in [6.07, 6.45) is 2.21. The van der Waals surface area contributed by atoms with E-state index in [2.05, 4.69) is 49.1 Å². The number of amides is 1. The predicted molar refractivity (Wildman–Crippen MR) is 102 cm³/mol. The molecular formula is C21H32N2O3. The first-order valence-corrected chi connectivity index (χ1v) is 9.94. The normalized spacial score (nSPS) is 25.5. The van der Waals surface area contributed by atoms with Gasteiger partial charge in [0.2, 0.25) is 0 Å². The van der Waals surface area contributed by atoms with Gasteiger partial charge in [-0.25, -0.2) is 4.79 Å². The Balaban J connectivity index is 1.64. The Labute approximate surface area is 157 Å². The number of likely N-dealkylation sites (tertiary alicyclic amines) is 1. The quantitative estimate of drug-likeness (QED) is 0.821. The van der Waals surface area contributed by atoms with Crippen molar-refractivity contribution >= 4 is 6.09 Å². The number of nitrogens with zero attached hydrogens (tertiary/aromatic N) is 2. The van der Waals surface area contributed by atoms with Crippen LogP contribution in [0.5, 0.6) is 0 Å². The van der Waals surface area contributed by atoms with Crippen LogP contribution in [0.3, 0.4) is 0 Å². The summed E-state index contributed by atoms with van der Waals surface area (Å²) in [7, 11) is 0. The minimum absolute atomic E-state index is 0.125. The molecule has 2 heterocycles. The highest BCUT2D eigenvalue weighted by atomic mass is 16.6. The maximum Gasteiger partial charge on any atom is 0.409 e. The topological polar surface area (TPSA) is 42.0 Å². The van der Waals surface area contributed by atoms with Crippen molar-refractivity contribution < 1.29 is 14.3 Å². The summed E-state index contributed by atoms with van der Waals surface area (Å²) in [4.78, 5) is 16.4. The van der Waals surface area contributed by atoms with E-state index in [-0.39, 0.29) is 18.3 Å². The van der Waals surface area contributed by atoms with Gasteiger partial charge in [0, 0.05) is 32.2 Å². The molecule has 0 unspecified atom stereocenters. The fraction of sp³-hybridized carbons (Fsp3) is 0.667. The van der Waals surface area contributed by atoms with Crippen molar-refractivity contribution in [2.24, 2.45) is 5.92 Å². The van der Waals surface area contributed by atoms with Gasteiger partial charge in [0.15, 0.2) is 0 Å². The SMILES string of the molecule is CCOC(=O)N1CCC(N2C[C@@H](c3ccccc3)O[C@@H](C(C)C)C2)CC1. The fourth-order valence-electron chi connectivity index (χ4n) is 3.96. The highest BCUT2D eigenvalue weighted by Gasteiger charge is 2.35. The molecule has 0 spiro atoms. The van der Waals surface area contributed by atoms with Gasteiger partial charge in [-0.3, -0.25) is 4.90 Å². The number of ether oxygens (including phenoxy) is 2. The maximum absolute atomic E-state index is 11.9. The molecule has 2 fully saturated rings. The van der Waals surface area contributed by atoms with Gasteiger partial charge < -0.3 is 14.4 Å². The molecule has 1 aromatic carbocycles. The van der Waals surface area contributed by atoms with E-state index in [1.807, 2.05) is 11.8 Å². The summed E-state index contributed by atoms with van der Waals surface area (Å²) in [5.41, 5.74) is 1.26. The Morgan fingerprint density at radius 1 is 1.19 bits per heavy atom. The second-order valence-electron chi connectivity index (χ2n) is 7.69. The monoisotopic (exact) mass is 360 g/mol. The lowest BCUT2D eigenvalue weighted by Gasteiger charge is -2.45. The Hall–Kier alpha value is -1.59. The van der Waals surface area contributed by atoms with E-state index in [9.17, 15) is 4.79 Å². The lowest BCUT2D eigenvalue weighted by atomic mass is 9.96. The first kappa shape index (κ1) is 19.2. The van der Waals surface area contributed by atoms with Crippen LogP contribution in [0.15, 0.2) is 30.3 Å². The number of rotatable bonds is 4. The number of hydrogen-bond donors (Lipinski definition) is 0. The molecule has 0 radical (unpaired) electrons. The molecule has 0 saturated carbocycles. The van der Waals surface area contributed by atoms with Crippen molar-refractivity contribution in [1.29, 1.82) is 0 Å². The second-order valence-corrected chi connectivity index (χ2v) is 7.69. The smallest absolute Gasteiger partial charge is 0.409 e. The van der Waals surface area contributed by atoms with Crippen LogP contribution in [0.4, 0.5) is 4.79 Å². The van der Waals surface area contributed by atoms with Crippen LogP contribution in [-0.2, 0) is 9.47 Å². The van der Waals surface area contributed by atoms with Crippen LogP contribution in [0, 0.1) is 5.92 Å². The van der Waals surface area contributed by atoms with E-state index in [1.165, 1.54) is 5.56 Å². The van der Waals surface area contributed by atoms with E-state index in [0.29, 0.717) is 18.6 Å². The average Bonchev–Trinajstić information content (AvgIpc) is 2.68. The molecule has 2 aliphatic heterocycles. The molecule has 5 heteroatoms. The second kappa shape index (κ2) is 8.87. The van der Waals surface area contributed by atoms with Crippen LogP contribution in [0.1, 0.15) is 45.3 Å². The van der Waals surface area contributed by atoms with E-state index in [1.54, 1.807) is 0 Å². The van der Waals surface area contributed by atoms with Crippen molar-refractivity contribution in [2.75, 3.05) is 32.8 Å². The van der Waals surface area contributed by atoms with Gasteiger partial charge in [-0.15, -0.1) is 0 Å². The molecule has 2 aliphatic rings. The summed E-state index contributed by atoms with van der Waals surface area (Å²) in [5, 5.41) is 0. The first-order chi connectivity index (χ1) is 12.6. The highest BCUT2D eigenvalue weighted by Crippen LogP contribution is 2.31. The molecule has 0 bridgehead atoms. The van der Waals surface area contributed by atoms with Crippen LogP contribution in [-0.4, -0.2) is 60.8 Å². The Kier molecular flexibility index (Phi) is 6.54. The van der Waals surface area contributed by atoms with Crippen molar-refractivity contribution in [3.05, 3.63) is 35.9 Å². The van der Waals surface area contributed by atoms with Gasteiger partial charge in [0.05, 0.1) is 18.8 Å². The van der Waals surface area contributed by atoms with Gasteiger partial charge in [-0.2, -0.15) is 0 Å². The summed E-state index contributed by atoms with van der Waals surface area (Å²) in [5.74, 6) is 0.489. The standard InChI is InChI=1S/C21H32N2O3/c1-4-25-21(24)22-12-10-18(11-13-22)23-14-19(16(2)3)26-20(15-23)17-8-6-5-7-9-17/h5-9,16,18-20H,4,10-15H2,1-3H3/t19-,20+/m1/s1. The largest absolute Gasteiger partial charge is 0.450 e. The number of carbonyl (C=O) groups is 1. The molecular weight excluding hydrogens is 328 g/mol. The van der Waals surface area contributed by atoms with Gasteiger partial charge in [0.1, 0.15) is 0 Å². The molecule has 1 aromatic rings. The molecule has 2 saturated heterocycles. The Morgan fingerprint density at radius 3 is 2.50 bits per heavy atom. The van der Waals surface area contributed by atoms with Crippen LogP contribution >= 0.6 is 0 Å². The van der Waals surface area contributed by atoms with Crippen molar-refractivity contribution in [3.8, 4) is 0 Å². The minimum atomic E-state index is -0.171. The zero-order valence-electron chi connectivity index (χ0n) is 16.3. The number of hydrogen-bond acceptors (Lipinski definition) is 4. The third-order valence-electron chi connectivity index (χ3n) is 5.58. The Morgan fingerprint density at radius 2 is 1.88 bits per heavy atom. The number of benzene rings is 1. The molecule has 5 nitrogen and oxygen atoms in total. The lowest BCUT2D eigenvalue weighted by Crippen LogP contribution is -2.53. The van der Waals surface area contributed by atoms with Crippen molar-refractivity contribution in [1.82, 2.24) is 9.80 Å². The van der Waals surface area contributed by atoms with Crippen molar-refractivity contribution in [2.45, 2.75) is 51.9 Å². The van der Waals surface area contributed by atoms with Gasteiger partial charge >= 0.3 is 6.09 Å². The van der Waals surface area contributed by atoms with Gasteiger partial charge in [-0.1, -0.05) is 44.2 Å². The number of carbonyl (C=O) groups excluding carboxylic acids is 1. The molecule has 3 rings (SSSR count). The molecule has 2 atom stereocenters. The van der Waals surface area contributed by atoms with Crippen LogP contribution in [0.25, 0.3) is 0 Å². The van der Waals surface area contributed by atoms with Gasteiger partial charge in [-0.05, 0) is 31.2 Å². The molecule has 144 valence electrons. The molecule has 0 aromatic heterocycles. The van der Waals surface area contributed by atoms with Crippen molar-refractivity contribution in [3.63, 3.8) is 0 Å². The summed E-state index contributed by atoms with van der Waals surface area (Å²) in [6.45, 7) is 10.2. The highest BCUT2D eigenvalue weighted by molar-refractivity contribution is 5.67. The Bertz CT molecular complexity index is 570. The number of piperidine rings is 1. The fourth-order valence-corrected chi connectivity index (χ4v) is 3.96. The third kappa shape index (κ3) is 4.57. The number of morpholine rings is 1. The first-order valence-electron chi connectivity index (χ1n) is 9.94. The zero-order valence-corrected chi connectivity index (χ0v) is 16.3. The molecule has 1 amide bonds. The maximum atomic E-state index is 11.9. The molecule has 0 N–H and O–H groups in total. The summed E-state index contributed by atoms with van der Waals surface area (Å²) in [6, 6.07) is 11.1. The summed E-state index contributed by atoms with van der Waals surface area (Å²) >= 11 is 0.